The summed E-state index contributed by atoms with van der Waals surface area (Å²) >= 11 is 0. The van der Waals surface area contributed by atoms with Crippen LogP contribution in [0.5, 0.6) is 5.75 Å². The minimum absolute atomic E-state index is 0.339. The van der Waals surface area contributed by atoms with Crippen LogP contribution < -0.4 is 10.6 Å². The van der Waals surface area contributed by atoms with Gasteiger partial charge in [-0.05, 0) is 30.5 Å². The van der Waals surface area contributed by atoms with Gasteiger partial charge in [0.25, 0.3) is 0 Å². The third kappa shape index (κ3) is 7.26. The van der Waals surface area contributed by atoms with E-state index >= 15 is 0 Å². The van der Waals surface area contributed by atoms with E-state index in [4.69, 9.17) is 9.84 Å². The Morgan fingerprint density at radius 2 is 2.05 bits per heavy atom. The fourth-order valence-corrected chi connectivity index (χ4v) is 1.80. The van der Waals surface area contributed by atoms with Gasteiger partial charge in [-0.3, -0.25) is 4.99 Å². The number of rotatable bonds is 9. The summed E-state index contributed by atoms with van der Waals surface area (Å²) < 4.78 is 18.7. The number of nitrogens with zero attached hydrogens (tertiary/aromatic N) is 1. The van der Waals surface area contributed by atoms with E-state index in [1.807, 2.05) is 0 Å². The maximum atomic E-state index is 13.2. The molecule has 6 heteroatoms. The molecule has 0 aliphatic carbocycles. The number of unbranched alkanes of at least 4 members (excludes halogenated alkanes) is 1. The van der Waals surface area contributed by atoms with Crippen LogP contribution in [0.2, 0.25) is 0 Å². The van der Waals surface area contributed by atoms with Crippen LogP contribution in [0.3, 0.4) is 0 Å². The summed E-state index contributed by atoms with van der Waals surface area (Å²) in [6.45, 7) is 4.88. The standard InChI is InChI=1S/C16H26FN3O2/c1-3-4-9-22-10-5-8-19-16(18-2)20-12-13-6-7-15(21)14(17)11-13/h6-7,11,21H,3-5,8-10,12H2,1-2H3,(H2,18,19,20). The van der Waals surface area contributed by atoms with Gasteiger partial charge in [0.1, 0.15) is 0 Å². The molecule has 0 saturated carbocycles. The maximum Gasteiger partial charge on any atom is 0.191 e. The molecule has 1 aromatic rings. The zero-order valence-electron chi connectivity index (χ0n) is 13.4. The van der Waals surface area contributed by atoms with Crippen LogP contribution in [0.4, 0.5) is 4.39 Å². The van der Waals surface area contributed by atoms with E-state index in [2.05, 4.69) is 22.5 Å². The van der Waals surface area contributed by atoms with Crippen molar-refractivity contribution in [1.29, 1.82) is 0 Å². The number of halogens is 1. The molecule has 0 radical (unpaired) electrons. The number of nitrogens with one attached hydrogen (secondary N) is 2. The van der Waals surface area contributed by atoms with Crippen LogP contribution in [0.15, 0.2) is 23.2 Å². The quantitative estimate of drug-likeness (QED) is 0.372. The lowest BCUT2D eigenvalue weighted by molar-refractivity contribution is 0.129. The normalized spacial score (nSPS) is 11.5. The second-order valence-electron chi connectivity index (χ2n) is 4.96. The summed E-state index contributed by atoms with van der Waals surface area (Å²) in [5, 5.41) is 15.4. The number of aliphatic imine (C=N–C) groups is 1. The molecular formula is C16H26FN3O2. The summed E-state index contributed by atoms with van der Waals surface area (Å²) in [6.07, 6.45) is 3.14. The summed E-state index contributed by atoms with van der Waals surface area (Å²) in [7, 11) is 1.69. The molecule has 1 rings (SSSR count). The number of aromatic hydroxyl groups is 1. The molecule has 0 atom stereocenters. The van der Waals surface area contributed by atoms with Gasteiger partial charge in [0.15, 0.2) is 17.5 Å². The second-order valence-corrected chi connectivity index (χ2v) is 4.96. The van der Waals surface area contributed by atoms with E-state index < -0.39 is 5.82 Å². The molecule has 0 fully saturated rings. The topological polar surface area (TPSA) is 65.9 Å². The van der Waals surface area contributed by atoms with Crippen molar-refractivity contribution in [2.24, 2.45) is 4.99 Å². The van der Waals surface area contributed by atoms with Gasteiger partial charge in [-0.15, -0.1) is 0 Å². The van der Waals surface area contributed by atoms with E-state index in [0.29, 0.717) is 12.5 Å². The average Bonchev–Trinajstić information content (AvgIpc) is 2.52. The number of benzene rings is 1. The second kappa shape index (κ2) is 10.8. The van der Waals surface area contributed by atoms with E-state index in [0.717, 1.165) is 44.6 Å². The summed E-state index contributed by atoms with van der Waals surface area (Å²) in [5.41, 5.74) is 0.737. The molecule has 0 unspecified atom stereocenters. The van der Waals surface area contributed by atoms with Gasteiger partial charge < -0.3 is 20.5 Å². The number of guanidine groups is 1. The number of hydrogen-bond donors (Lipinski definition) is 3. The van der Waals surface area contributed by atoms with Crippen molar-refractivity contribution in [3.05, 3.63) is 29.6 Å². The minimum atomic E-state index is -0.619. The van der Waals surface area contributed by atoms with Crippen LogP contribution in [0, 0.1) is 5.82 Å². The number of hydrogen-bond acceptors (Lipinski definition) is 3. The Morgan fingerprint density at radius 1 is 1.27 bits per heavy atom. The fraction of sp³-hybridized carbons (Fsp3) is 0.562. The summed E-state index contributed by atoms with van der Waals surface area (Å²) in [5.74, 6) is -0.303. The van der Waals surface area contributed by atoms with E-state index in [9.17, 15) is 4.39 Å². The average molecular weight is 311 g/mol. The number of phenolic OH excluding ortho intramolecular Hbond substituents is 1. The first kappa shape index (κ1) is 18.2. The zero-order valence-corrected chi connectivity index (χ0v) is 13.4. The lowest BCUT2D eigenvalue weighted by Crippen LogP contribution is -2.37. The lowest BCUT2D eigenvalue weighted by Gasteiger charge is -2.12. The molecule has 0 heterocycles. The molecule has 0 aromatic heterocycles. The van der Waals surface area contributed by atoms with E-state index in [1.165, 1.54) is 12.1 Å². The van der Waals surface area contributed by atoms with Crippen molar-refractivity contribution in [3.63, 3.8) is 0 Å². The Labute approximate surface area is 131 Å². The van der Waals surface area contributed by atoms with Crippen LogP contribution in [-0.4, -0.2) is 37.9 Å². The smallest absolute Gasteiger partial charge is 0.191 e. The highest BCUT2D eigenvalue weighted by molar-refractivity contribution is 5.79. The monoisotopic (exact) mass is 311 g/mol. The Balaban J connectivity index is 2.21. The third-order valence-corrected chi connectivity index (χ3v) is 3.10. The summed E-state index contributed by atoms with van der Waals surface area (Å²) in [4.78, 5) is 4.10. The molecule has 0 saturated heterocycles. The number of ether oxygens (including phenoxy) is 1. The Bertz CT molecular complexity index is 467. The molecule has 0 bridgehead atoms. The van der Waals surface area contributed by atoms with Crippen molar-refractivity contribution in [2.45, 2.75) is 32.7 Å². The predicted octanol–water partition coefficient (Wildman–Crippen LogP) is 2.40. The van der Waals surface area contributed by atoms with Crippen LogP contribution >= 0.6 is 0 Å². The molecule has 0 spiro atoms. The van der Waals surface area contributed by atoms with Crippen molar-refractivity contribution in [3.8, 4) is 5.75 Å². The molecular weight excluding hydrogens is 285 g/mol. The van der Waals surface area contributed by atoms with Crippen molar-refractivity contribution in [1.82, 2.24) is 10.6 Å². The zero-order chi connectivity index (χ0) is 16.2. The molecule has 124 valence electrons. The Hall–Kier alpha value is -1.82. The van der Waals surface area contributed by atoms with Crippen LogP contribution in [-0.2, 0) is 11.3 Å². The summed E-state index contributed by atoms with van der Waals surface area (Å²) in [6, 6.07) is 4.31. The van der Waals surface area contributed by atoms with E-state index in [-0.39, 0.29) is 5.75 Å². The third-order valence-electron chi connectivity index (χ3n) is 3.10. The largest absolute Gasteiger partial charge is 0.505 e. The van der Waals surface area contributed by atoms with Crippen molar-refractivity contribution < 1.29 is 14.2 Å². The molecule has 0 aliphatic heterocycles. The van der Waals surface area contributed by atoms with Gasteiger partial charge in [-0.25, -0.2) is 4.39 Å². The fourth-order valence-electron chi connectivity index (χ4n) is 1.80. The predicted molar refractivity (Wildman–Crippen MR) is 86.6 cm³/mol. The van der Waals surface area contributed by atoms with Crippen molar-refractivity contribution >= 4 is 5.96 Å². The Morgan fingerprint density at radius 3 is 2.73 bits per heavy atom. The lowest BCUT2D eigenvalue weighted by atomic mass is 10.2. The molecule has 0 amide bonds. The highest BCUT2D eigenvalue weighted by atomic mass is 19.1. The van der Waals surface area contributed by atoms with E-state index in [1.54, 1.807) is 13.1 Å². The SMILES string of the molecule is CCCCOCCCNC(=NC)NCc1ccc(O)c(F)c1. The first-order valence-electron chi connectivity index (χ1n) is 7.67. The molecule has 3 N–H and O–H groups in total. The highest BCUT2D eigenvalue weighted by Crippen LogP contribution is 2.15. The molecule has 1 aromatic carbocycles. The van der Waals surface area contributed by atoms with Gasteiger partial charge >= 0.3 is 0 Å². The number of phenols is 1. The molecule has 0 aliphatic rings. The first-order valence-corrected chi connectivity index (χ1v) is 7.67. The van der Waals surface area contributed by atoms with Gasteiger partial charge in [-0.2, -0.15) is 0 Å². The van der Waals surface area contributed by atoms with Crippen LogP contribution in [0.25, 0.3) is 0 Å². The first-order chi connectivity index (χ1) is 10.7. The molecule has 5 nitrogen and oxygen atoms in total. The van der Waals surface area contributed by atoms with Gasteiger partial charge in [-0.1, -0.05) is 19.4 Å². The van der Waals surface area contributed by atoms with Gasteiger partial charge in [0.05, 0.1) is 0 Å². The van der Waals surface area contributed by atoms with Gasteiger partial charge in [0.2, 0.25) is 0 Å². The van der Waals surface area contributed by atoms with Crippen LogP contribution in [0.1, 0.15) is 31.7 Å². The molecule has 22 heavy (non-hydrogen) atoms. The minimum Gasteiger partial charge on any atom is -0.505 e. The highest BCUT2D eigenvalue weighted by Gasteiger charge is 2.03. The van der Waals surface area contributed by atoms with Crippen molar-refractivity contribution in [2.75, 3.05) is 26.8 Å². The van der Waals surface area contributed by atoms with Gasteiger partial charge in [0, 0.05) is 33.4 Å². The maximum absolute atomic E-state index is 13.2. The Kier molecular flexibility index (Phi) is 8.98.